The van der Waals surface area contributed by atoms with Crippen molar-refractivity contribution in [3.8, 4) is 0 Å². The maximum absolute atomic E-state index is 13.0. The van der Waals surface area contributed by atoms with Gasteiger partial charge in [0.1, 0.15) is 0 Å². The molecule has 0 spiro atoms. The number of hydrogen-bond acceptors (Lipinski definition) is 4. The Bertz CT molecular complexity index is 970. The Morgan fingerprint density at radius 2 is 1.74 bits per heavy atom. The van der Waals surface area contributed by atoms with Crippen molar-refractivity contribution in [1.82, 2.24) is 4.31 Å². The highest BCUT2D eigenvalue weighted by Crippen LogP contribution is 2.24. The molecule has 1 aliphatic rings. The minimum Gasteiger partial charge on any atom is -0.379 e. The van der Waals surface area contributed by atoms with Crippen LogP contribution in [-0.2, 0) is 14.8 Å². The molecule has 1 fully saturated rings. The lowest BCUT2D eigenvalue weighted by Crippen LogP contribution is -2.40. The maximum atomic E-state index is 13.0. The second-order valence-electron chi connectivity index (χ2n) is 6.41. The lowest BCUT2D eigenvalue weighted by molar-refractivity contribution is 0.0730. The van der Waals surface area contributed by atoms with Gasteiger partial charge >= 0.3 is 0 Å². The van der Waals surface area contributed by atoms with E-state index in [9.17, 15) is 13.2 Å². The van der Waals surface area contributed by atoms with Gasteiger partial charge in [-0.25, -0.2) is 8.42 Å². The number of carbonyl (C=O) groups is 1. The first kappa shape index (κ1) is 20.0. The molecule has 6 nitrogen and oxygen atoms in total. The molecule has 2 aromatic carbocycles. The van der Waals surface area contributed by atoms with Crippen LogP contribution in [0.25, 0.3) is 0 Å². The molecule has 3 rings (SSSR count). The van der Waals surface area contributed by atoms with Crippen molar-refractivity contribution in [2.24, 2.45) is 0 Å². The van der Waals surface area contributed by atoms with Gasteiger partial charge in [-0.1, -0.05) is 28.1 Å². The molecule has 0 radical (unpaired) electrons. The van der Waals surface area contributed by atoms with E-state index in [-0.39, 0.29) is 10.8 Å². The Labute approximate surface area is 167 Å². The molecule has 27 heavy (non-hydrogen) atoms. The molecule has 0 aromatic heterocycles. The fourth-order valence-corrected chi connectivity index (χ4v) is 4.89. The van der Waals surface area contributed by atoms with E-state index in [1.54, 1.807) is 19.1 Å². The van der Waals surface area contributed by atoms with Crippen molar-refractivity contribution in [2.75, 3.05) is 31.6 Å². The molecule has 144 valence electrons. The quantitative estimate of drug-likeness (QED) is 0.771. The molecule has 0 saturated carbocycles. The molecular formula is C19H21BrN2O4S. The van der Waals surface area contributed by atoms with Crippen molar-refractivity contribution in [2.45, 2.75) is 18.7 Å². The Kier molecular flexibility index (Phi) is 6.00. The van der Waals surface area contributed by atoms with Gasteiger partial charge in [-0.2, -0.15) is 4.31 Å². The summed E-state index contributed by atoms with van der Waals surface area (Å²) in [6.07, 6.45) is 0. The van der Waals surface area contributed by atoms with Crippen LogP contribution >= 0.6 is 15.9 Å². The largest absolute Gasteiger partial charge is 0.379 e. The van der Waals surface area contributed by atoms with Gasteiger partial charge in [0.15, 0.2) is 0 Å². The van der Waals surface area contributed by atoms with E-state index in [0.717, 1.165) is 10.0 Å². The molecule has 0 bridgehead atoms. The molecule has 2 aromatic rings. The molecule has 1 aliphatic heterocycles. The van der Waals surface area contributed by atoms with Gasteiger partial charge in [0.25, 0.3) is 5.91 Å². The predicted molar refractivity (Wildman–Crippen MR) is 108 cm³/mol. The van der Waals surface area contributed by atoms with Crippen LogP contribution in [0.3, 0.4) is 0 Å². The number of hydrogen-bond donors (Lipinski definition) is 1. The topological polar surface area (TPSA) is 75.7 Å². The molecular weight excluding hydrogens is 432 g/mol. The molecule has 1 amide bonds. The number of halogens is 1. The summed E-state index contributed by atoms with van der Waals surface area (Å²) in [6, 6.07) is 10.3. The van der Waals surface area contributed by atoms with Gasteiger partial charge in [-0.15, -0.1) is 0 Å². The summed E-state index contributed by atoms with van der Waals surface area (Å²) in [5.41, 5.74) is 2.50. The number of carbonyl (C=O) groups excluding carboxylic acids is 1. The van der Waals surface area contributed by atoms with Crippen LogP contribution in [0.4, 0.5) is 5.69 Å². The smallest absolute Gasteiger partial charge is 0.255 e. The Morgan fingerprint density at radius 3 is 2.44 bits per heavy atom. The Balaban J connectivity index is 1.90. The number of morpholine rings is 1. The molecule has 1 N–H and O–H groups in total. The SMILES string of the molecule is Cc1ccc(Br)cc1NC(=O)c1ccc(C)c(S(=O)(=O)N2CCOCC2)c1. The molecule has 1 saturated heterocycles. The Hall–Kier alpha value is -1.74. The molecule has 8 heteroatoms. The van der Waals surface area contributed by atoms with Crippen LogP contribution in [0.5, 0.6) is 0 Å². The van der Waals surface area contributed by atoms with Crippen LogP contribution in [-0.4, -0.2) is 44.9 Å². The van der Waals surface area contributed by atoms with Crippen LogP contribution in [0.15, 0.2) is 45.8 Å². The standard InChI is InChI=1S/C19H21BrN2O4S/c1-13-4-6-16(20)12-17(13)21-19(23)15-5-3-14(2)18(11-15)27(24,25)22-7-9-26-10-8-22/h3-6,11-12H,7-10H2,1-2H3,(H,21,23). The number of ether oxygens (including phenoxy) is 1. The summed E-state index contributed by atoms with van der Waals surface area (Å²) in [7, 11) is -3.67. The van der Waals surface area contributed by atoms with Gasteiger partial charge in [-0.3, -0.25) is 4.79 Å². The van der Waals surface area contributed by atoms with Gasteiger partial charge in [0.2, 0.25) is 10.0 Å². The van der Waals surface area contributed by atoms with Crippen molar-refractivity contribution in [3.05, 3.63) is 57.6 Å². The second kappa shape index (κ2) is 8.10. The third-order valence-electron chi connectivity index (χ3n) is 4.49. The van der Waals surface area contributed by atoms with E-state index in [2.05, 4.69) is 21.2 Å². The number of sulfonamides is 1. The van der Waals surface area contributed by atoms with Gasteiger partial charge < -0.3 is 10.1 Å². The highest BCUT2D eigenvalue weighted by molar-refractivity contribution is 9.10. The number of anilines is 1. The minimum absolute atomic E-state index is 0.156. The average Bonchev–Trinajstić information content (AvgIpc) is 2.65. The van der Waals surface area contributed by atoms with E-state index in [4.69, 9.17) is 4.74 Å². The zero-order chi connectivity index (χ0) is 19.6. The van der Waals surface area contributed by atoms with Crippen molar-refractivity contribution in [1.29, 1.82) is 0 Å². The van der Waals surface area contributed by atoms with Crippen LogP contribution in [0.2, 0.25) is 0 Å². The highest BCUT2D eigenvalue weighted by atomic mass is 79.9. The average molecular weight is 453 g/mol. The maximum Gasteiger partial charge on any atom is 0.255 e. The molecule has 1 heterocycles. The summed E-state index contributed by atoms with van der Waals surface area (Å²) < 4.78 is 33.4. The van der Waals surface area contributed by atoms with E-state index in [1.807, 2.05) is 25.1 Å². The zero-order valence-electron chi connectivity index (χ0n) is 15.2. The van der Waals surface area contributed by atoms with Gasteiger partial charge in [0, 0.05) is 28.8 Å². The van der Waals surface area contributed by atoms with Crippen molar-refractivity contribution in [3.63, 3.8) is 0 Å². The fourth-order valence-electron chi connectivity index (χ4n) is 2.87. The lowest BCUT2D eigenvalue weighted by atomic mass is 10.1. The predicted octanol–water partition coefficient (Wildman–Crippen LogP) is 3.34. The fraction of sp³-hybridized carbons (Fsp3) is 0.316. The van der Waals surface area contributed by atoms with Gasteiger partial charge in [0.05, 0.1) is 18.1 Å². The first-order chi connectivity index (χ1) is 12.8. The van der Waals surface area contributed by atoms with E-state index >= 15 is 0 Å². The van der Waals surface area contributed by atoms with E-state index in [1.165, 1.54) is 10.4 Å². The first-order valence-corrected chi connectivity index (χ1v) is 10.8. The monoisotopic (exact) mass is 452 g/mol. The lowest BCUT2D eigenvalue weighted by Gasteiger charge is -2.26. The summed E-state index contributed by atoms with van der Waals surface area (Å²) >= 11 is 3.39. The zero-order valence-corrected chi connectivity index (χ0v) is 17.6. The normalized spacial score (nSPS) is 15.5. The second-order valence-corrected chi connectivity index (χ2v) is 9.23. The van der Waals surface area contributed by atoms with Crippen molar-refractivity contribution < 1.29 is 17.9 Å². The van der Waals surface area contributed by atoms with Crippen LogP contribution < -0.4 is 5.32 Å². The first-order valence-electron chi connectivity index (χ1n) is 8.55. The van der Waals surface area contributed by atoms with E-state index in [0.29, 0.717) is 43.1 Å². The Morgan fingerprint density at radius 1 is 1.07 bits per heavy atom. The van der Waals surface area contributed by atoms with Gasteiger partial charge in [-0.05, 0) is 49.2 Å². The van der Waals surface area contributed by atoms with Crippen molar-refractivity contribution >= 4 is 37.5 Å². The number of nitrogens with one attached hydrogen (secondary N) is 1. The summed E-state index contributed by atoms with van der Waals surface area (Å²) in [6.45, 7) is 5.01. The third kappa shape index (κ3) is 4.40. The third-order valence-corrected chi connectivity index (χ3v) is 7.02. The number of benzene rings is 2. The number of amides is 1. The summed E-state index contributed by atoms with van der Waals surface area (Å²) in [5.74, 6) is -0.352. The number of aryl methyl sites for hydroxylation is 2. The summed E-state index contributed by atoms with van der Waals surface area (Å²) in [4.78, 5) is 12.8. The molecule has 0 aliphatic carbocycles. The van der Waals surface area contributed by atoms with Crippen LogP contribution in [0, 0.1) is 13.8 Å². The highest BCUT2D eigenvalue weighted by Gasteiger charge is 2.28. The number of rotatable bonds is 4. The number of nitrogens with zero attached hydrogens (tertiary/aromatic N) is 1. The van der Waals surface area contributed by atoms with Crippen LogP contribution in [0.1, 0.15) is 21.5 Å². The van der Waals surface area contributed by atoms with E-state index < -0.39 is 10.0 Å². The molecule has 0 unspecified atom stereocenters. The minimum atomic E-state index is -3.67. The molecule has 0 atom stereocenters. The summed E-state index contributed by atoms with van der Waals surface area (Å²) in [5, 5.41) is 2.85.